The van der Waals surface area contributed by atoms with Crippen molar-refractivity contribution in [3.8, 4) is 34.6 Å². The lowest BCUT2D eigenvalue weighted by atomic mass is 9.94. The molecule has 1 saturated heterocycles. The molecule has 2 atom stereocenters. The standard InChI is InChI=1S/C26H29N7O2/c1-32(2)13-5-8-23-28-12-11-24(29-23)33-15-17-9-10-18(16-33)25(17)35-22-14-20(30-31-26(22)27)19-6-3-4-7-21(19)34/h3-4,6-7,11-12,14,17-18,25,34H,9-10,13,15-16H2,1-2H3,(H2,27,31). The zero-order valence-corrected chi connectivity index (χ0v) is 19.9. The van der Waals surface area contributed by atoms with Gasteiger partial charge in [-0.05, 0) is 51.1 Å². The molecule has 1 aliphatic carbocycles. The molecule has 2 bridgehead atoms. The molecule has 180 valence electrons. The lowest BCUT2D eigenvalue weighted by Crippen LogP contribution is -2.47. The number of anilines is 2. The van der Waals surface area contributed by atoms with Crippen LogP contribution in [0.1, 0.15) is 18.7 Å². The molecule has 2 aliphatic rings. The summed E-state index contributed by atoms with van der Waals surface area (Å²) in [5, 5.41) is 18.4. The summed E-state index contributed by atoms with van der Waals surface area (Å²) < 4.78 is 6.46. The van der Waals surface area contributed by atoms with Gasteiger partial charge in [0.1, 0.15) is 23.4 Å². The van der Waals surface area contributed by atoms with Crippen LogP contribution in [-0.4, -0.2) is 70.0 Å². The van der Waals surface area contributed by atoms with Crippen LogP contribution >= 0.6 is 0 Å². The predicted molar refractivity (Wildman–Crippen MR) is 134 cm³/mol. The van der Waals surface area contributed by atoms with Gasteiger partial charge < -0.3 is 20.5 Å². The number of hydrogen-bond donors (Lipinski definition) is 2. The van der Waals surface area contributed by atoms with Crippen molar-refractivity contribution >= 4 is 11.6 Å². The Balaban J connectivity index is 1.31. The van der Waals surface area contributed by atoms with E-state index < -0.39 is 0 Å². The predicted octanol–water partition coefficient (Wildman–Crippen LogP) is 2.43. The Labute approximate surface area is 205 Å². The van der Waals surface area contributed by atoms with E-state index in [1.807, 2.05) is 31.1 Å². The maximum absolute atomic E-state index is 10.2. The second kappa shape index (κ2) is 9.76. The molecule has 2 unspecified atom stereocenters. The molecule has 3 N–H and O–H groups in total. The number of fused-ring (bicyclic) bond motifs is 2. The fraction of sp³-hybridized carbons (Fsp3) is 0.385. The van der Waals surface area contributed by atoms with Crippen molar-refractivity contribution < 1.29 is 9.84 Å². The van der Waals surface area contributed by atoms with Gasteiger partial charge in [-0.3, -0.25) is 4.90 Å². The highest BCUT2D eigenvalue weighted by molar-refractivity contribution is 5.68. The van der Waals surface area contributed by atoms with Gasteiger partial charge in [-0.2, -0.15) is 0 Å². The van der Waals surface area contributed by atoms with Crippen molar-refractivity contribution in [2.45, 2.75) is 18.9 Å². The van der Waals surface area contributed by atoms with Crippen LogP contribution < -0.4 is 15.4 Å². The van der Waals surface area contributed by atoms with Gasteiger partial charge in [0.05, 0.1) is 6.54 Å². The van der Waals surface area contributed by atoms with E-state index in [1.165, 1.54) is 0 Å². The van der Waals surface area contributed by atoms with Crippen LogP contribution in [0, 0.1) is 23.7 Å². The largest absolute Gasteiger partial charge is 0.507 e. The van der Waals surface area contributed by atoms with E-state index in [9.17, 15) is 5.11 Å². The Hall–Kier alpha value is -3.90. The van der Waals surface area contributed by atoms with Crippen LogP contribution in [0.3, 0.4) is 0 Å². The van der Waals surface area contributed by atoms with Gasteiger partial charge in [0, 0.05) is 42.8 Å². The third-order valence-corrected chi connectivity index (χ3v) is 6.54. The maximum Gasteiger partial charge on any atom is 0.206 e. The quantitative estimate of drug-likeness (QED) is 0.542. The number of nitrogens with zero attached hydrogens (tertiary/aromatic N) is 6. The van der Waals surface area contributed by atoms with E-state index in [-0.39, 0.29) is 17.7 Å². The first-order valence-electron chi connectivity index (χ1n) is 11.8. The van der Waals surface area contributed by atoms with Gasteiger partial charge in [-0.15, -0.1) is 10.2 Å². The molecule has 5 rings (SSSR count). The van der Waals surface area contributed by atoms with Crippen molar-refractivity contribution in [3.63, 3.8) is 0 Å². The summed E-state index contributed by atoms with van der Waals surface area (Å²) in [5.41, 5.74) is 7.25. The van der Waals surface area contributed by atoms with Gasteiger partial charge in [-0.1, -0.05) is 18.1 Å². The van der Waals surface area contributed by atoms with Crippen LogP contribution in [0.2, 0.25) is 0 Å². The number of aromatic nitrogens is 4. The lowest BCUT2D eigenvalue weighted by Gasteiger charge is -2.38. The zero-order valence-electron chi connectivity index (χ0n) is 19.9. The maximum atomic E-state index is 10.2. The first kappa shape index (κ1) is 22.9. The molecular formula is C26H29N7O2. The molecule has 9 nitrogen and oxygen atoms in total. The molecule has 2 fully saturated rings. The summed E-state index contributed by atoms with van der Waals surface area (Å²) in [7, 11) is 3.96. The van der Waals surface area contributed by atoms with Crippen LogP contribution in [0.25, 0.3) is 11.3 Å². The third kappa shape index (κ3) is 4.98. The van der Waals surface area contributed by atoms with Crippen LogP contribution in [0.5, 0.6) is 11.5 Å². The average molecular weight is 472 g/mol. The monoisotopic (exact) mass is 471 g/mol. The van der Waals surface area contributed by atoms with E-state index in [4.69, 9.17) is 10.5 Å². The average Bonchev–Trinajstić information content (AvgIpc) is 3.07. The molecule has 9 heteroatoms. The summed E-state index contributed by atoms with van der Waals surface area (Å²) in [4.78, 5) is 13.3. The van der Waals surface area contributed by atoms with Crippen LogP contribution in [0.4, 0.5) is 11.6 Å². The number of piperidine rings is 1. The Morgan fingerprint density at radius 1 is 1.14 bits per heavy atom. The lowest BCUT2D eigenvalue weighted by molar-refractivity contribution is 0.103. The van der Waals surface area contributed by atoms with Crippen molar-refractivity contribution in [2.24, 2.45) is 11.8 Å². The normalized spacial score (nSPS) is 21.0. The smallest absolute Gasteiger partial charge is 0.206 e. The van der Waals surface area contributed by atoms with Crippen molar-refractivity contribution in [1.29, 1.82) is 0 Å². The number of para-hydroxylation sites is 1. The molecule has 0 radical (unpaired) electrons. The molecule has 2 aromatic heterocycles. The summed E-state index contributed by atoms with van der Waals surface area (Å²) in [6.45, 7) is 2.35. The molecule has 1 aromatic carbocycles. The number of benzene rings is 1. The van der Waals surface area contributed by atoms with E-state index in [1.54, 1.807) is 30.5 Å². The van der Waals surface area contributed by atoms with E-state index in [0.717, 1.165) is 31.7 Å². The van der Waals surface area contributed by atoms with Gasteiger partial charge in [-0.25, -0.2) is 9.97 Å². The molecule has 1 saturated carbocycles. The van der Waals surface area contributed by atoms with Gasteiger partial charge in [0.15, 0.2) is 11.6 Å². The summed E-state index contributed by atoms with van der Waals surface area (Å²) >= 11 is 0. The van der Waals surface area contributed by atoms with Crippen LogP contribution in [-0.2, 0) is 0 Å². The number of nitrogens with two attached hydrogens (primary N) is 1. The first-order valence-corrected chi connectivity index (χ1v) is 11.8. The Bertz CT molecular complexity index is 1260. The number of phenolic OH excluding ortho intramolecular Hbond substituents is 1. The van der Waals surface area contributed by atoms with Crippen molar-refractivity contribution in [3.05, 3.63) is 48.4 Å². The molecule has 0 spiro atoms. The van der Waals surface area contributed by atoms with Gasteiger partial charge in [0.25, 0.3) is 0 Å². The van der Waals surface area contributed by atoms with Gasteiger partial charge in [0.2, 0.25) is 5.82 Å². The fourth-order valence-electron chi connectivity index (χ4n) is 4.86. The molecule has 35 heavy (non-hydrogen) atoms. The Morgan fingerprint density at radius 3 is 2.66 bits per heavy atom. The van der Waals surface area contributed by atoms with E-state index >= 15 is 0 Å². The number of ether oxygens (including phenoxy) is 1. The summed E-state index contributed by atoms with van der Waals surface area (Å²) in [6.07, 6.45) is 3.97. The molecular weight excluding hydrogens is 442 g/mol. The van der Waals surface area contributed by atoms with Crippen molar-refractivity contribution in [2.75, 3.05) is 44.4 Å². The Kier molecular flexibility index (Phi) is 6.38. The second-order valence-corrected chi connectivity index (χ2v) is 9.36. The molecule has 1 aliphatic heterocycles. The molecule has 0 amide bonds. The van der Waals surface area contributed by atoms with Crippen LogP contribution in [0.15, 0.2) is 42.6 Å². The highest BCUT2D eigenvalue weighted by atomic mass is 16.5. The topological polar surface area (TPSA) is 114 Å². The van der Waals surface area contributed by atoms with Crippen molar-refractivity contribution in [1.82, 2.24) is 25.1 Å². The minimum absolute atomic E-state index is 0.0381. The van der Waals surface area contributed by atoms with Gasteiger partial charge >= 0.3 is 0 Å². The minimum atomic E-state index is 0.0381. The summed E-state index contributed by atoms with van der Waals surface area (Å²) in [5.74, 6) is 9.17. The number of hydrogen-bond acceptors (Lipinski definition) is 9. The zero-order chi connectivity index (χ0) is 24.4. The number of phenols is 1. The van der Waals surface area contributed by atoms with E-state index in [2.05, 4.69) is 36.9 Å². The number of aromatic hydroxyl groups is 1. The highest BCUT2D eigenvalue weighted by Crippen LogP contribution is 2.41. The minimum Gasteiger partial charge on any atom is -0.507 e. The third-order valence-electron chi connectivity index (χ3n) is 6.54. The second-order valence-electron chi connectivity index (χ2n) is 9.36. The summed E-state index contributed by atoms with van der Waals surface area (Å²) in [6, 6.07) is 10.7. The molecule has 3 aromatic rings. The first-order chi connectivity index (χ1) is 17.0. The molecule has 3 heterocycles. The fourth-order valence-corrected chi connectivity index (χ4v) is 4.86. The highest BCUT2D eigenvalue weighted by Gasteiger charge is 2.44. The van der Waals surface area contributed by atoms with E-state index in [0.29, 0.717) is 41.2 Å². The number of nitrogen functional groups attached to an aromatic ring is 1. The number of rotatable bonds is 5. The SMILES string of the molecule is CN(C)CC#Cc1nccc(N2CC3CCC(C2)C3Oc2cc(-c3ccccc3O)nnc2N)n1. The Morgan fingerprint density at radius 2 is 1.91 bits per heavy atom.